The van der Waals surface area contributed by atoms with Crippen LogP contribution in [0.15, 0.2) is 18.2 Å². The van der Waals surface area contributed by atoms with Gasteiger partial charge in [0.2, 0.25) is 0 Å². The van der Waals surface area contributed by atoms with Gasteiger partial charge in [-0.1, -0.05) is 11.6 Å². The van der Waals surface area contributed by atoms with Gasteiger partial charge in [0.25, 0.3) is 11.6 Å². The SMILES string of the molecule is O=C(O)CC(NC(=O)c1cc(Cl)ccc1[N+](=O)[O-])C(=O)O. The molecule has 0 saturated carbocycles. The molecule has 3 N–H and O–H groups in total. The fourth-order valence-corrected chi connectivity index (χ4v) is 1.63. The van der Waals surface area contributed by atoms with Crippen LogP contribution in [0.25, 0.3) is 0 Å². The van der Waals surface area contributed by atoms with Crippen molar-refractivity contribution in [1.82, 2.24) is 5.32 Å². The first kappa shape index (κ1) is 16.4. The van der Waals surface area contributed by atoms with Crippen LogP contribution in [0, 0.1) is 10.1 Å². The number of halogens is 1. The Bertz CT molecular complexity index is 617. The summed E-state index contributed by atoms with van der Waals surface area (Å²) in [5, 5.41) is 30.1. The number of carbonyl (C=O) groups excluding carboxylic acids is 1. The maximum absolute atomic E-state index is 11.9. The Morgan fingerprint density at radius 2 is 1.95 bits per heavy atom. The van der Waals surface area contributed by atoms with Gasteiger partial charge in [-0.2, -0.15) is 0 Å². The van der Waals surface area contributed by atoms with Crippen molar-refractivity contribution in [3.05, 3.63) is 38.9 Å². The Kier molecular flexibility index (Phi) is 5.19. The van der Waals surface area contributed by atoms with Gasteiger partial charge in [0, 0.05) is 11.1 Å². The van der Waals surface area contributed by atoms with E-state index in [4.69, 9.17) is 21.8 Å². The second kappa shape index (κ2) is 6.66. The summed E-state index contributed by atoms with van der Waals surface area (Å²) < 4.78 is 0. The molecule has 1 aromatic rings. The van der Waals surface area contributed by atoms with E-state index in [2.05, 4.69) is 0 Å². The molecule has 1 amide bonds. The first-order chi connectivity index (χ1) is 9.72. The summed E-state index contributed by atoms with van der Waals surface area (Å²) in [6.45, 7) is 0. The van der Waals surface area contributed by atoms with Gasteiger partial charge < -0.3 is 15.5 Å². The molecule has 0 aliphatic heterocycles. The third-order valence-electron chi connectivity index (χ3n) is 2.38. The van der Waals surface area contributed by atoms with Gasteiger partial charge in [-0.25, -0.2) is 4.79 Å². The maximum atomic E-state index is 11.9. The molecule has 112 valence electrons. The quantitative estimate of drug-likeness (QED) is 0.521. The highest BCUT2D eigenvalue weighted by Gasteiger charge is 2.27. The predicted molar refractivity (Wildman–Crippen MR) is 69.2 cm³/mol. The average molecular weight is 317 g/mol. The molecule has 0 fully saturated rings. The van der Waals surface area contributed by atoms with Crippen LogP contribution in [0.5, 0.6) is 0 Å². The number of nitrogens with one attached hydrogen (secondary N) is 1. The van der Waals surface area contributed by atoms with E-state index in [1.165, 1.54) is 6.07 Å². The fraction of sp³-hybridized carbons (Fsp3) is 0.182. The van der Waals surface area contributed by atoms with Crippen LogP contribution in [0.4, 0.5) is 5.69 Å². The standard InChI is InChI=1S/C11H9ClN2O7/c12-5-1-2-8(14(20)21)6(3-5)10(17)13-7(11(18)19)4-9(15)16/h1-3,7H,4H2,(H,13,17)(H,15,16)(H,18,19). The molecule has 0 heterocycles. The highest BCUT2D eigenvalue weighted by molar-refractivity contribution is 6.31. The second-order valence-electron chi connectivity index (χ2n) is 3.88. The average Bonchev–Trinajstić information content (AvgIpc) is 2.36. The summed E-state index contributed by atoms with van der Waals surface area (Å²) in [7, 11) is 0. The molecular weight excluding hydrogens is 308 g/mol. The van der Waals surface area contributed by atoms with E-state index >= 15 is 0 Å². The summed E-state index contributed by atoms with van der Waals surface area (Å²) in [5.74, 6) is -4.11. The van der Waals surface area contributed by atoms with E-state index in [0.29, 0.717) is 0 Å². The highest BCUT2D eigenvalue weighted by atomic mass is 35.5. The molecule has 1 atom stereocenters. The van der Waals surface area contributed by atoms with Crippen LogP contribution < -0.4 is 5.32 Å². The van der Waals surface area contributed by atoms with E-state index < -0.39 is 46.5 Å². The molecule has 21 heavy (non-hydrogen) atoms. The van der Waals surface area contributed by atoms with Gasteiger partial charge in [0.15, 0.2) is 0 Å². The van der Waals surface area contributed by atoms with Crippen molar-refractivity contribution >= 4 is 35.1 Å². The molecule has 0 bridgehead atoms. The monoisotopic (exact) mass is 316 g/mol. The van der Waals surface area contributed by atoms with Crippen LogP contribution in [0.1, 0.15) is 16.8 Å². The lowest BCUT2D eigenvalue weighted by atomic mass is 10.1. The van der Waals surface area contributed by atoms with Crippen LogP contribution in [-0.2, 0) is 9.59 Å². The van der Waals surface area contributed by atoms with Gasteiger partial charge >= 0.3 is 11.9 Å². The van der Waals surface area contributed by atoms with Gasteiger partial charge in [0.05, 0.1) is 11.3 Å². The number of nitrogens with zero attached hydrogens (tertiary/aromatic N) is 1. The third-order valence-corrected chi connectivity index (χ3v) is 2.62. The number of carbonyl (C=O) groups is 3. The summed E-state index contributed by atoms with van der Waals surface area (Å²) in [5.41, 5.74) is -1.03. The van der Waals surface area contributed by atoms with Crippen LogP contribution in [-0.4, -0.2) is 39.0 Å². The minimum atomic E-state index is -1.71. The lowest BCUT2D eigenvalue weighted by Crippen LogP contribution is -2.42. The van der Waals surface area contributed by atoms with E-state index in [1.54, 1.807) is 0 Å². The van der Waals surface area contributed by atoms with Gasteiger partial charge in [0.1, 0.15) is 11.6 Å². The molecule has 0 aliphatic rings. The molecule has 9 nitrogen and oxygen atoms in total. The number of carboxylic acids is 2. The molecule has 1 rings (SSSR count). The first-order valence-electron chi connectivity index (χ1n) is 5.41. The molecule has 0 aromatic heterocycles. The summed E-state index contributed by atoms with van der Waals surface area (Å²) >= 11 is 5.64. The third kappa shape index (κ3) is 4.42. The topological polar surface area (TPSA) is 147 Å². The Balaban J connectivity index is 3.07. The van der Waals surface area contributed by atoms with Crippen LogP contribution >= 0.6 is 11.6 Å². The molecule has 0 radical (unpaired) electrons. The number of nitro groups is 1. The van der Waals surface area contributed by atoms with Crippen molar-refractivity contribution in [2.24, 2.45) is 0 Å². The summed E-state index contributed by atoms with van der Waals surface area (Å²) in [4.78, 5) is 43.2. The van der Waals surface area contributed by atoms with E-state index in [-0.39, 0.29) is 5.02 Å². The van der Waals surface area contributed by atoms with Crippen molar-refractivity contribution in [1.29, 1.82) is 0 Å². The van der Waals surface area contributed by atoms with Crippen molar-refractivity contribution in [2.45, 2.75) is 12.5 Å². The van der Waals surface area contributed by atoms with Crippen LogP contribution in [0.3, 0.4) is 0 Å². The Labute approximate surface area is 122 Å². The zero-order chi connectivity index (χ0) is 16.2. The highest BCUT2D eigenvalue weighted by Crippen LogP contribution is 2.22. The zero-order valence-corrected chi connectivity index (χ0v) is 11.0. The second-order valence-corrected chi connectivity index (χ2v) is 4.32. The van der Waals surface area contributed by atoms with Crippen molar-refractivity contribution in [2.75, 3.05) is 0 Å². The van der Waals surface area contributed by atoms with Crippen molar-refractivity contribution < 1.29 is 29.5 Å². The van der Waals surface area contributed by atoms with E-state index in [9.17, 15) is 24.5 Å². The van der Waals surface area contributed by atoms with Gasteiger partial charge in [-0.15, -0.1) is 0 Å². The predicted octanol–water partition coefficient (Wildman–Crippen LogP) is 0.906. The largest absolute Gasteiger partial charge is 0.481 e. The molecule has 1 unspecified atom stereocenters. The lowest BCUT2D eigenvalue weighted by Gasteiger charge is -2.12. The Hall–Kier alpha value is -2.68. The lowest BCUT2D eigenvalue weighted by molar-refractivity contribution is -0.385. The number of rotatable bonds is 6. The number of hydrogen-bond acceptors (Lipinski definition) is 5. The number of amides is 1. The van der Waals surface area contributed by atoms with Crippen molar-refractivity contribution in [3.63, 3.8) is 0 Å². The first-order valence-corrected chi connectivity index (χ1v) is 5.79. The minimum absolute atomic E-state index is 0.0378. The van der Waals surface area contributed by atoms with Crippen molar-refractivity contribution in [3.8, 4) is 0 Å². The Morgan fingerprint density at radius 3 is 2.43 bits per heavy atom. The molecular formula is C11H9ClN2O7. The fourth-order valence-electron chi connectivity index (χ4n) is 1.46. The van der Waals surface area contributed by atoms with E-state index in [1.807, 2.05) is 5.32 Å². The molecule has 10 heteroatoms. The number of aliphatic carboxylic acids is 2. The van der Waals surface area contributed by atoms with Gasteiger partial charge in [-0.3, -0.25) is 19.7 Å². The van der Waals surface area contributed by atoms with Crippen LogP contribution in [0.2, 0.25) is 5.02 Å². The smallest absolute Gasteiger partial charge is 0.326 e. The normalized spacial score (nSPS) is 11.5. The minimum Gasteiger partial charge on any atom is -0.481 e. The Morgan fingerprint density at radius 1 is 1.33 bits per heavy atom. The number of carboxylic acid groups (broad SMARTS) is 2. The number of benzene rings is 1. The van der Waals surface area contributed by atoms with E-state index in [0.717, 1.165) is 12.1 Å². The maximum Gasteiger partial charge on any atom is 0.326 e. The molecule has 0 saturated heterocycles. The number of hydrogen-bond donors (Lipinski definition) is 3. The molecule has 0 aliphatic carbocycles. The molecule has 0 spiro atoms. The van der Waals surface area contributed by atoms with Gasteiger partial charge in [-0.05, 0) is 12.1 Å². The summed E-state index contributed by atoms with van der Waals surface area (Å²) in [6, 6.07) is 1.47. The molecule has 1 aromatic carbocycles. The zero-order valence-electron chi connectivity index (χ0n) is 10.3. The number of nitro benzene ring substituents is 1. The summed E-state index contributed by atoms with van der Waals surface area (Å²) in [6.07, 6.45) is -0.866.